The third-order valence-corrected chi connectivity index (χ3v) is 3.90. The first-order valence-corrected chi connectivity index (χ1v) is 8.24. The summed E-state index contributed by atoms with van der Waals surface area (Å²) in [7, 11) is 2.04. The average molecular weight is 449 g/mol. The van der Waals surface area contributed by atoms with Gasteiger partial charge in [-0.15, -0.1) is 24.0 Å². The lowest BCUT2D eigenvalue weighted by molar-refractivity contribution is 0.738. The first-order valence-electron chi connectivity index (χ1n) is 8.24. The maximum absolute atomic E-state index is 4.68. The van der Waals surface area contributed by atoms with Crippen molar-refractivity contribution in [1.82, 2.24) is 20.2 Å². The minimum Gasteiger partial charge on any atom is -0.357 e. The number of fused-ring (bicyclic) bond motifs is 1. The van der Waals surface area contributed by atoms with Gasteiger partial charge in [-0.05, 0) is 24.6 Å². The number of rotatable bonds is 5. The largest absolute Gasteiger partial charge is 0.357 e. The molecule has 25 heavy (non-hydrogen) atoms. The van der Waals surface area contributed by atoms with Crippen LogP contribution in [0.1, 0.15) is 18.3 Å². The zero-order valence-corrected chi connectivity index (χ0v) is 16.9. The zero-order valence-electron chi connectivity index (χ0n) is 14.6. The lowest BCUT2D eigenvalue weighted by atomic mass is 10.2. The normalized spacial score (nSPS) is 11.2. The molecule has 3 aromatic rings. The molecule has 2 aromatic carbocycles. The number of aryl methyl sites for hydroxylation is 1. The number of aromatic nitrogens is 2. The van der Waals surface area contributed by atoms with Gasteiger partial charge in [0, 0.05) is 13.6 Å². The molecule has 0 saturated heterocycles. The molecular formula is C19H24IN5. The second-order valence-corrected chi connectivity index (χ2v) is 5.61. The van der Waals surface area contributed by atoms with E-state index in [1.54, 1.807) is 0 Å². The number of aliphatic imine (C=N–C) groups is 1. The van der Waals surface area contributed by atoms with Crippen molar-refractivity contribution < 1.29 is 0 Å². The maximum Gasteiger partial charge on any atom is 0.191 e. The number of imidazole rings is 1. The van der Waals surface area contributed by atoms with Gasteiger partial charge in [-0.1, -0.05) is 42.5 Å². The fourth-order valence-electron chi connectivity index (χ4n) is 2.61. The van der Waals surface area contributed by atoms with Crippen molar-refractivity contribution in [3.63, 3.8) is 0 Å². The number of halogens is 1. The summed E-state index contributed by atoms with van der Waals surface area (Å²) in [6.45, 7) is 4.17. The van der Waals surface area contributed by atoms with Crippen LogP contribution < -0.4 is 10.6 Å². The minimum atomic E-state index is 0. The number of hydrogen-bond donors (Lipinski definition) is 2. The minimum absolute atomic E-state index is 0. The Morgan fingerprint density at radius 3 is 2.48 bits per heavy atom. The number of para-hydroxylation sites is 2. The molecule has 2 N–H and O–H groups in total. The molecule has 3 rings (SSSR count). The van der Waals surface area contributed by atoms with E-state index in [0.29, 0.717) is 13.1 Å². The molecular weight excluding hydrogens is 425 g/mol. The zero-order chi connectivity index (χ0) is 16.8. The summed E-state index contributed by atoms with van der Waals surface area (Å²) in [6.07, 6.45) is 0. The third-order valence-electron chi connectivity index (χ3n) is 3.90. The Balaban J connectivity index is 0.00000225. The Labute approximate surface area is 165 Å². The van der Waals surface area contributed by atoms with Crippen molar-refractivity contribution >= 4 is 41.0 Å². The summed E-state index contributed by atoms with van der Waals surface area (Å²) in [6, 6.07) is 18.4. The van der Waals surface area contributed by atoms with Crippen molar-refractivity contribution in [2.45, 2.75) is 20.0 Å². The van der Waals surface area contributed by atoms with Crippen LogP contribution in [0.2, 0.25) is 0 Å². The predicted molar refractivity (Wildman–Crippen MR) is 114 cm³/mol. The SMILES string of the molecule is CCNC(=NCc1ccccc1)NCc1nc2ccccc2n1C.I. The van der Waals surface area contributed by atoms with Crippen LogP contribution in [0.15, 0.2) is 59.6 Å². The van der Waals surface area contributed by atoms with Crippen LogP contribution in [0.3, 0.4) is 0 Å². The molecule has 0 saturated carbocycles. The van der Waals surface area contributed by atoms with Crippen LogP contribution in [0, 0.1) is 0 Å². The van der Waals surface area contributed by atoms with E-state index in [-0.39, 0.29) is 24.0 Å². The van der Waals surface area contributed by atoms with Gasteiger partial charge in [-0.25, -0.2) is 9.98 Å². The first-order chi connectivity index (χ1) is 11.8. The van der Waals surface area contributed by atoms with Gasteiger partial charge in [0.25, 0.3) is 0 Å². The molecule has 1 heterocycles. The highest BCUT2D eigenvalue weighted by Gasteiger charge is 2.07. The van der Waals surface area contributed by atoms with Gasteiger partial charge < -0.3 is 15.2 Å². The lowest BCUT2D eigenvalue weighted by Gasteiger charge is -2.11. The highest BCUT2D eigenvalue weighted by Crippen LogP contribution is 2.13. The van der Waals surface area contributed by atoms with E-state index in [9.17, 15) is 0 Å². The number of hydrogen-bond acceptors (Lipinski definition) is 2. The molecule has 132 valence electrons. The molecule has 0 amide bonds. The molecule has 5 nitrogen and oxygen atoms in total. The summed E-state index contributed by atoms with van der Waals surface area (Å²) < 4.78 is 2.11. The van der Waals surface area contributed by atoms with E-state index in [1.807, 2.05) is 43.4 Å². The van der Waals surface area contributed by atoms with E-state index < -0.39 is 0 Å². The summed E-state index contributed by atoms with van der Waals surface area (Å²) in [5.74, 6) is 1.79. The molecule has 0 aliphatic carbocycles. The van der Waals surface area contributed by atoms with Gasteiger partial charge in [0.05, 0.1) is 24.1 Å². The monoisotopic (exact) mass is 449 g/mol. The summed E-state index contributed by atoms with van der Waals surface area (Å²) in [4.78, 5) is 9.32. The van der Waals surface area contributed by atoms with E-state index in [2.05, 4.69) is 50.3 Å². The van der Waals surface area contributed by atoms with E-state index in [0.717, 1.165) is 29.4 Å². The number of benzene rings is 2. The predicted octanol–water partition coefficient (Wildman–Crippen LogP) is 3.45. The molecule has 0 unspecified atom stereocenters. The molecule has 0 spiro atoms. The van der Waals surface area contributed by atoms with E-state index >= 15 is 0 Å². The van der Waals surface area contributed by atoms with Crippen molar-refractivity contribution in [3.8, 4) is 0 Å². The number of nitrogens with zero attached hydrogens (tertiary/aromatic N) is 3. The number of guanidine groups is 1. The summed E-state index contributed by atoms with van der Waals surface area (Å²) >= 11 is 0. The molecule has 0 bridgehead atoms. The molecule has 0 aliphatic rings. The fourth-order valence-corrected chi connectivity index (χ4v) is 2.61. The van der Waals surface area contributed by atoms with Gasteiger partial charge in [0.15, 0.2) is 5.96 Å². The van der Waals surface area contributed by atoms with Crippen molar-refractivity contribution in [2.75, 3.05) is 6.54 Å². The van der Waals surface area contributed by atoms with Crippen molar-refractivity contribution in [1.29, 1.82) is 0 Å². The summed E-state index contributed by atoms with van der Waals surface area (Å²) in [5, 5.41) is 6.64. The molecule has 0 aliphatic heterocycles. The Hall–Kier alpha value is -2.09. The second-order valence-electron chi connectivity index (χ2n) is 5.61. The standard InChI is InChI=1S/C19H23N5.HI/c1-3-20-19(21-13-15-9-5-4-6-10-15)22-14-18-23-16-11-7-8-12-17(16)24(18)2;/h4-12H,3,13-14H2,1-2H3,(H2,20,21,22);1H. The van der Waals surface area contributed by atoms with Gasteiger partial charge in [-0.3, -0.25) is 0 Å². The Morgan fingerprint density at radius 1 is 1.04 bits per heavy atom. The van der Waals surface area contributed by atoms with Gasteiger partial charge >= 0.3 is 0 Å². The van der Waals surface area contributed by atoms with Crippen LogP contribution in [-0.2, 0) is 20.1 Å². The highest BCUT2D eigenvalue weighted by atomic mass is 127. The topological polar surface area (TPSA) is 54.2 Å². The Morgan fingerprint density at radius 2 is 1.76 bits per heavy atom. The van der Waals surface area contributed by atoms with Crippen LogP contribution in [0.25, 0.3) is 11.0 Å². The van der Waals surface area contributed by atoms with Gasteiger partial charge in [0.2, 0.25) is 0 Å². The maximum atomic E-state index is 4.68. The summed E-state index contributed by atoms with van der Waals surface area (Å²) in [5.41, 5.74) is 3.35. The molecule has 0 fully saturated rings. The Kier molecular flexibility index (Phi) is 7.24. The van der Waals surface area contributed by atoms with Gasteiger partial charge in [-0.2, -0.15) is 0 Å². The van der Waals surface area contributed by atoms with Crippen LogP contribution in [0.5, 0.6) is 0 Å². The highest BCUT2D eigenvalue weighted by molar-refractivity contribution is 14.0. The molecule has 6 heteroatoms. The van der Waals surface area contributed by atoms with E-state index in [1.165, 1.54) is 5.56 Å². The van der Waals surface area contributed by atoms with Crippen LogP contribution in [-0.4, -0.2) is 22.1 Å². The quantitative estimate of drug-likeness (QED) is 0.357. The third kappa shape index (κ3) is 4.94. The van der Waals surface area contributed by atoms with Gasteiger partial charge in [0.1, 0.15) is 5.82 Å². The molecule has 0 radical (unpaired) electrons. The van der Waals surface area contributed by atoms with Crippen LogP contribution in [0.4, 0.5) is 0 Å². The van der Waals surface area contributed by atoms with E-state index in [4.69, 9.17) is 0 Å². The number of nitrogens with one attached hydrogen (secondary N) is 2. The smallest absolute Gasteiger partial charge is 0.191 e. The van der Waals surface area contributed by atoms with Crippen molar-refractivity contribution in [3.05, 3.63) is 66.0 Å². The first kappa shape index (κ1) is 19.2. The fraction of sp³-hybridized carbons (Fsp3) is 0.263. The lowest BCUT2D eigenvalue weighted by Crippen LogP contribution is -2.37. The Bertz CT molecular complexity index is 826. The molecule has 1 aromatic heterocycles. The second kappa shape index (κ2) is 9.41. The average Bonchev–Trinajstić information content (AvgIpc) is 2.95. The molecule has 0 atom stereocenters. The van der Waals surface area contributed by atoms with Crippen molar-refractivity contribution in [2.24, 2.45) is 12.0 Å². The van der Waals surface area contributed by atoms with Crippen LogP contribution >= 0.6 is 24.0 Å².